The Bertz CT molecular complexity index is 1610. The highest BCUT2D eigenvalue weighted by Gasteiger charge is 2.25. The number of aromatic nitrogens is 4. The Hall–Kier alpha value is -3.91. The van der Waals surface area contributed by atoms with Crippen LogP contribution in [0.15, 0.2) is 54.6 Å². The monoisotopic (exact) mass is 595 g/mol. The van der Waals surface area contributed by atoms with Crippen molar-refractivity contribution in [1.29, 1.82) is 0 Å². The highest BCUT2D eigenvalue weighted by atomic mass is 32.2. The van der Waals surface area contributed by atoms with Crippen molar-refractivity contribution in [3.63, 3.8) is 0 Å². The first-order valence-corrected chi connectivity index (χ1v) is 15.3. The standard InChI is InChI=1S/C22H31N7O3S.C7H6O2/c1-5-17-13-32-9-8-29(17)21-11-16(14-33(30,31)28(3)4)25-22(27-21)19-7-6-18-20(26-19)10-15(24-18)12-23-2;8-7(9)6-4-2-1-3-5-6/h6-7,10-11,17,23-24H,5,8-9,12-14H2,1-4H3;1-5H,(H,8,9)/t17-;/m0./s1. The second-order valence-corrected chi connectivity index (χ2v) is 12.2. The molecule has 1 aliphatic heterocycles. The second kappa shape index (κ2) is 13.8. The molecule has 5 rings (SSSR count). The molecule has 224 valence electrons. The fraction of sp³-hybridized carbons (Fsp3) is 0.379. The number of sulfonamides is 1. The zero-order valence-electron chi connectivity index (χ0n) is 24.2. The molecule has 0 saturated carbocycles. The Kier molecular flexibility index (Phi) is 10.2. The third kappa shape index (κ3) is 7.68. The molecule has 3 N–H and O–H groups in total. The van der Waals surface area contributed by atoms with Crippen LogP contribution in [0.5, 0.6) is 0 Å². The Morgan fingerprint density at radius 1 is 1.14 bits per heavy atom. The van der Waals surface area contributed by atoms with Crippen LogP contribution in [0.2, 0.25) is 0 Å². The Morgan fingerprint density at radius 3 is 2.55 bits per heavy atom. The van der Waals surface area contributed by atoms with Crippen molar-refractivity contribution in [2.45, 2.75) is 31.7 Å². The number of hydrogen-bond acceptors (Lipinski definition) is 9. The van der Waals surface area contributed by atoms with Crippen LogP contribution in [0.4, 0.5) is 5.82 Å². The molecule has 1 atom stereocenters. The lowest BCUT2D eigenvalue weighted by Gasteiger charge is -2.36. The fourth-order valence-corrected chi connectivity index (χ4v) is 5.26. The van der Waals surface area contributed by atoms with E-state index in [1.54, 1.807) is 36.4 Å². The number of carboxylic acids is 1. The lowest BCUT2D eigenvalue weighted by molar-refractivity contribution is 0.0697. The van der Waals surface area contributed by atoms with Gasteiger partial charge in [0, 0.05) is 38.9 Å². The van der Waals surface area contributed by atoms with Gasteiger partial charge < -0.3 is 25.0 Å². The van der Waals surface area contributed by atoms with Gasteiger partial charge in [0.15, 0.2) is 5.82 Å². The highest BCUT2D eigenvalue weighted by molar-refractivity contribution is 7.88. The van der Waals surface area contributed by atoms with E-state index in [0.29, 0.717) is 54.9 Å². The van der Waals surface area contributed by atoms with Gasteiger partial charge in [-0.05, 0) is 43.8 Å². The highest BCUT2D eigenvalue weighted by Crippen LogP contribution is 2.26. The number of carbonyl (C=O) groups is 1. The van der Waals surface area contributed by atoms with Crippen LogP contribution >= 0.6 is 0 Å². The van der Waals surface area contributed by atoms with Crippen LogP contribution in [0, 0.1) is 0 Å². The SMILES string of the molecule is CC[C@H]1COCCN1c1cc(CS(=O)(=O)N(C)C)nc(-c2ccc3[nH]c(CNC)cc3n2)n1.O=C(O)c1ccccc1. The van der Waals surface area contributed by atoms with E-state index in [4.69, 9.17) is 19.8 Å². The molecule has 4 aromatic rings. The molecule has 42 heavy (non-hydrogen) atoms. The van der Waals surface area contributed by atoms with E-state index in [0.717, 1.165) is 23.1 Å². The molecule has 3 aromatic heterocycles. The fourth-order valence-electron chi connectivity index (χ4n) is 4.49. The zero-order valence-corrected chi connectivity index (χ0v) is 25.1. The molecule has 4 heterocycles. The van der Waals surface area contributed by atoms with Crippen molar-refractivity contribution in [1.82, 2.24) is 29.6 Å². The van der Waals surface area contributed by atoms with E-state index in [1.165, 1.54) is 18.4 Å². The summed E-state index contributed by atoms with van der Waals surface area (Å²) < 4.78 is 32.1. The first kappa shape index (κ1) is 31.0. The number of rotatable bonds is 9. The topological polar surface area (TPSA) is 154 Å². The van der Waals surface area contributed by atoms with Crippen molar-refractivity contribution >= 4 is 32.8 Å². The van der Waals surface area contributed by atoms with Crippen LogP contribution in [0.25, 0.3) is 22.6 Å². The number of nitrogens with zero attached hydrogens (tertiary/aromatic N) is 5. The Balaban J connectivity index is 0.000000385. The number of nitrogens with one attached hydrogen (secondary N) is 2. The van der Waals surface area contributed by atoms with Gasteiger partial charge in [0.2, 0.25) is 10.0 Å². The van der Waals surface area contributed by atoms with E-state index >= 15 is 0 Å². The Labute approximate surface area is 245 Å². The molecule has 0 spiro atoms. The molecule has 0 aliphatic carbocycles. The van der Waals surface area contributed by atoms with Crippen LogP contribution in [0.1, 0.15) is 35.1 Å². The lowest BCUT2D eigenvalue weighted by atomic mass is 10.1. The average molecular weight is 596 g/mol. The number of aromatic carboxylic acids is 1. The van der Waals surface area contributed by atoms with Gasteiger partial charge >= 0.3 is 5.97 Å². The maximum Gasteiger partial charge on any atom is 0.335 e. The number of hydrogen-bond donors (Lipinski definition) is 3. The molecule has 0 radical (unpaired) electrons. The lowest BCUT2D eigenvalue weighted by Crippen LogP contribution is -2.45. The van der Waals surface area contributed by atoms with Crippen molar-refractivity contribution in [2.75, 3.05) is 45.8 Å². The Morgan fingerprint density at radius 2 is 1.90 bits per heavy atom. The van der Waals surface area contributed by atoms with Gasteiger partial charge in [-0.1, -0.05) is 25.1 Å². The van der Waals surface area contributed by atoms with Crippen LogP contribution in [0.3, 0.4) is 0 Å². The number of benzene rings is 1. The quantitative estimate of drug-likeness (QED) is 0.263. The summed E-state index contributed by atoms with van der Waals surface area (Å²) in [5.74, 6) is 0.0279. The molecular weight excluding hydrogens is 558 g/mol. The third-order valence-corrected chi connectivity index (χ3v) is 8.57. The second-order valence-electron chi connectivity index (χ2n) is 10.0. The predicted octanol–water partition coefficient (Wildman–Crippen LogP) is 3.13. The molecule has 0 amide bonds. The number of aromatic amines is 1. The number of H-pyrrole nitrogens is 1. The van der Waals surface area contributed by atoms with Gasteiger partial charge in [-0.3, -0.25) is 0 Å². The van der Waals surface area contributed by atoms with Gasteiger partial charge in [0.05, 0.1) is 41.5 Å². The zero-order chi connectivity index (χ0) is 30.3. The molecular formula is C29H37N7O5S. The van der Waals surface area contributed by atoms with E-state index in [9.17, 15) is 13.2 Å². The first-order valence-electron chi connectivity index (χ1n) is 13.7. The van der Waals surface area contributed by atoms with Gasteiger partial charge in [-0.15, -0.1) is 0 Å². The number of fused-ring (bicyclic) bond motifs is 1. The van der Waals surface area contributed by atoms with Crippen molar-refractivity contribution in [2.24, 2.45) is 0 Å². The maximum absolute atomic E-state index is 12.6. The summed E-state index contributed by atoms with van der Waals surface area (Å²) in [5, 5.41) is 11.5. The number of morpholine rings is 1. The summed E-state index contributed by atoms with van der Waals surface area (Å²) in [7, 11) is 1.45. The third-order valence-electron chi connectivity index (χ3n) is 6.79. The summed E-state index contributed by atoms with van der Waals surface area (Å²) in [6.45, 7) is 4.72. The molecule has 13 heteroatoms. The summed E-state index contributed by atoms with van der Waals surface area (Å²) in [6.07, 6.45) is 0.895. The molecule has 1 aromatic carbocycles. The minimum atomic E-state index is -3.49. The predicted molar refractivity (Wildman–Crippen MR) is 162 cm³/mol. The van der Waals surface area contributed by atoms with E-state index in [2.05, 4.69) is 27.1 Å². The molecule has 0 bridgehead atoms. The van der Waals surface area contributed by atoms with E-state index in [-0.39, 0.29) is 11.8 Å². The smallest absolute Gasteiger partial charge is 0.335 e. The van der Waals surface area contributed by atoms with Gasteiger partial charge in [-0.25, -0.2) is 32.5 Å². The average Bonchev–Trinajstić information content (AvgIpc) is 3.39. The normalized spacial score (nSPS) is 15.5. The van der Waals surface area contributed by atoms with Crippen LogP contribution in [-0.4, -0.2) is 90.7 Å². The maximum atomic E-state index is 12.6. The molecule has 1 aliphatic rings. The molecule has 1 fully saturated rings. The number of pyridine rings is 1. The van der Waals surface area contributed by atoms with Crippen molar-refractivity contribution < 1.29 is 23.1 Å². The molecule has 0 unspecified atom stereocenters. The van der Waals surface area contributed by atoms with Crippen molar-refractivity contribution in [3.05, 3.63) is 71.5 Å². The number of carboxylic acid groups (broad SMARTS) is 1. The minimum Gasteiger partial charge on any atom is -0.478 e. The van der Waals surface area contributed by atoms with Gasteiger partial charge in [0.25, 0.3) is 0 Å². The summed E-state index contributed by atoms with van der Waals surface area (Å²) >= 11 is 0. The van der Waals surface area contributed by atoms with Crippen LogP contribution < -0.4 is 10.2 Å². The largest absolute Gasteiger partial charge is 0.478 e. The van der Waals surface area contributed by atoms with Gasteiger partial charge in [0.1, 0.15) is 17.3 Å². The first-order chi connectivity index (χ1) is 20.1. The summed E-state index contributed by atoms with van der Waals surface area (Å²) in [5.41, 5.74) is 4.14. The van der Waals surface area contributed by atoms with E-state index < -0.39 is 16.0 Å². The minimum absolute atomic E-state index is 0.170. The van der Waals surface area contributed by atoms with Crippen molar-refractivity contribution in [3.8, 4) is 11.5 Å². The van der Waals surface area contributed by atoms with E-state index in [1.807, 2.05) is 25.2 Å². The molecule has 1 saturated heterocycles. The van der Waals surface area contributed by atoms with Gasteiger partial charge in [-0.2, -0.15) is 0 Å². The number of anilines is 1. The number of ether oxygens (including phenoxy) is 1. The molecule has 12 nitrogen and oxygen atoms in total. The van der Waals surface area contributed by atoms with Crippen LogP contribution in [-0.2, 0) is 27.1 Å². The summed E-state index contributed by atoms with van der Waals surface area (Å²) in [6, 6.07) is 16.0. The summed E-state index contributed by atoms with van der Waals surface area (Å²) in [4.78, 5) is 29.9.